The fraction of sp³-hybridized carbons (Fsp3) is 0.647. The molecule has 0 spiro atoms. The summed E-state index contributed by atoms with van der Waals surface area (Å²) in [5.74, 6) is 0.0491. The first-order valence-electron chi connectivity index (χ1n) is 14.9. The quantitative estimate of drug-likeness (QED) is 0.0978. The van der Waals surface area contributed by atoms with E-state index in [0.29, 0.717) is 36.2 Å². The van der Waals surface area contributed by atoms with E-state index in [0.717, 1.165) is 51.4 Å². The normalized spacial score (nSPS) is 16.2. The number of rotatable bonds is 18. The maximum Gasteiger partial charge on any atom is 0.330 e. The SMILES string of the molecule is C/C=C/C(=O)OCCC(C)CCCC(C)(C)C1=CC(=O)C(C(C)(C)CCCC(C)CCOC(=O)/C=C/C)=CC1=O. The van der Waals surface area contributed by atoms with Gasteiger partial charge in [-0.05, 0) is 74.3 Å². The number of carbonyl (C=O) groups is 4. The fourth-order valence-corrected chi connectivity index (χ4v) is 5.05. The topological polar surface area (TPSA) is 86.7 Å². The number of esters is 2. The summed E-state index contributed by atoms with van der Waals surface area (Å²) < 4.78 is 10.4. The molecule has 0 heterocycles. The highest BCUT2D eigenvalue weighted by molar-refractivity contribution is 6.20. The van der Waals surface area contributed by atoms with Crippen molar-refractivity contribution in [1.82, 2.24) is 0 Å². The second-order valence-corrected chi connectivity index (χ2v) is 12.5. The van der Waals surface area contributed by atoms with Crippen molar-refractivity contribution in [1.29, 1.82) is 0 Å². The molecule has 0 radical (unpaired) electrons. The summed E-state index contributed by atoms with van der Waals surface area (Å²) in [5, 5.41) is 0. The Kier molecular flexibility index (Phi) is 15.1. The van der Waals surface area contributed by atoms with Crippen molar-refractivity contribution in [3.05, 3.63) is 47.6 Å². The number of ketones is 2. The summed E-state index contributed by atoms with van der Waals surface area (Å²) in [6, 6.07) is 0. The Morgan fingerprint density at radius 2 is 1.05 bits per heavy atom. The van der Waals surface area contributed by atoms with E-state index in [4.69, 9.17) is 9.47 Å². The molecule has 0 aromatic rings. The van der Waals surface area contributed by atoms with Gasteiger partial charge < -0.3 is 9.47 Å². The van der Waals surface area contributed by atoms with Crippen molar-refractivity contribution >= 4 is 23.5 Å². The van der Waals surface area contributed by atoms with E-state index < -0.39 is 10.8 Å². The van der Waals surface area contributed by atoms with Gasteiger partial charge in [-0.2, -0.15) is 0 Å². The molecule has 40 heavy (non-hydrogen) atoms. The van der Waals surface area contributed by atoms with Crippen LogP contribution in [-0.2, 0) is 28.7 Å². The van der Waals surface area contributed by atoms with Gasteiger partial charge in [0.2, 0.25) is 0 Å². The lowest BCUT2D eigenvalue weighted by atomic mass is 9.70. The second kappa shape index (κ2) is 17.1. The molecule has 0 amide bonds. The summed E-state index contributed by atoms with van der Waals surface area (Å²) in [7, 11) is 0. The molecule has 1 rings (SSSR count). The number of carbonyl (C=O) groups excluding carboxylic acids is 4. The van der Waals surface area contributed by atoms with E-state index in [1.807, 2.05) is 27.7 Å². The Hall–Kier alpha value is -2.76. The summed E-state index contributed by atoms with van der Waals surface area (Å²) in [6.07, 6.45) is 16.3. The highest BCUT2D eigenvalue weighted by Crippen LogP contribution is 2.40. The van der Waals surface area contributed by atoms with Crippen LogP contribution >= 0.6 is 0 Å². The van der Waals surface area contributed by atoms with Gasteiger partial charge in [0.25, 0.3) is 0 Å². The molecule has 2 unspecified atom stereocenters. The third-order valence-electron chi connectivity index (χ3n) is 7.85. The van der Waals surface area contributed by atoms with Crippen LogP contribution in [0.5, 0.6) is 0 Å². The lowest BCUT2D eigenvalue weighted by Gasteiger charge is -2.33. The first-order chi connectivity index (χ1) is 18.7. The van der Waals surface area contributed by atoms with Crippen LogP contribution in [0.3, 0.4) is 0 Å². The maximum absolute atomic E-state index is 13.2. The van der Waals surface area contributed by atoms with E-state index in [-0.39, 0.29) is 23.5 Å². The predicted octanol–water partition coefficient (Wildman–Crippen LogP) is 7.68. The van der Waals surface area contributed by atoms with Gasteiger partial charge >= 0.3 is 11.9 Å². The minimum Gasteiger partial charge on any atom is -0.463 e. The Morgan fingerprint density at radius 1 is 0.700 bits per heavy atom. The van der Waals surface area contributed by atoms with Gasteiger partial charge in [0.15, 0.2) is 11.6 Å². The summed E-state index contributed by atoms with van der Waals surface area (Å²) in [5.41, 5.74) is 0.378. The molecule has 0 aromatic carbocycles. The molecule has 6 heteroatoms. The molecule has 224 valence electrons. The molecule has 2 atom stereocenters. The number of hydrogen-bond acceptors (Lipinski definition) is 6. The van der Waals surface area contributed by atoms with Crippen molar-refractivity contribution in [2.24, 2.45) is 22.7 Å². The molecule has 0 aliphatic heterocycles. The lowest BCUT2D eigenvalue weighted by molar-refractivity contribution is -0.139. The van der Waals surface area contributed by atoms with Crippen LogP contribution < -0.4 is 0 Å². The van der Waals surface area contributed by atoms with Gasteiger partial charge in [0.1, 0.15) is 0 Å². The van der Waals surface area contributed by atoms with Crippen molar-refractivity contribution < 1.29 is 28.7 Å². The van der Waals surface area contributed by atoms with Crippen molar-refractivity contribution in [3.8, 4) is 0 Å². The van der Waals surface area contributed by atoms with Crippen molar-refractivity contribution in [3.63, 3.8) is 0 Å². The summed E-state index contributed by atoms with van der Waals surface area (Å²) in [6.45, 7) is 16.8. The smallest absolute Gasteiger partial charge is 0.330 e. The Morgan fingerprint density at radius 3 is 1.38 bits per heavy atom. The summed E-state index contributed by atoms with van der Waals surface area (Å²) >= 11 is 0. The zero-order chi connectivity index (χ0) is 30.3. The predicted molar refractivity (Wildman–Crippen MR) is 161 cm³/mol. The van der Waals surface area contributed by atoms with E-state index >= 15 is 0 Å². The molecule has 1 aliphatic carbocycles. The summed E-state index contributed by atoms with van der Waals surface area (Å²) in [4.78, 5) is 49.3. The monoisotopic (exact) mass is 556 g/mol. The number of allylic oxidation sites excluding steroid dienone is 6. The van der Waals surface area contributed by atoms with E-state index in [2.05, 4.69) is 13.8 Å². The molecule has 0 fully saturated rings. The van der Waals surface area contributed by atoms with Crippen LogP contribution in [0.4, 0.5) is 0 Å². The molecule has 0 bridgehead atoms. The minimum absolute atomic E-state index is 0.0621. The van der Waals surface area contributed by atoms with Crippen LogP contribution in [0.15, 0.2) is 47.6 Å². The van der Waals surface area contributed by atoms with Gasteiger partial charge in [-0.25, -0.2) is 9.59 Å². The lowest BCUT2D eigenvalue weighted by Crippen LogP contribution is -2.30. The van der Waals surface area contributed by atoms with Crippen LogP contribution in [0.1, 0.15) is 107 Å². The third kappa shape index (κ3) is 12.6. The van der Waals surface area contributed by atoms with Crippen molar-refractivity contribution in [2.45, 2.75) is 107 Å². The third-order valence-corrected chi connectivity index (χ3v) is 7.85. The largest absolute Gasteiger partial charge is 0.463 e. The first kappa shape index (κ1) is 35.3. The molecule has 0 N–H and O–H groups in total. The average Bonchev–Trinajstić information content (AvgIpc) is 2.85. The molecule has 0 aromatic heterocycles. The van der Waals surface area contributed by atoms with Gasteiger partial charge in [-0.1, -0.05) is 79.4 Å². The average molecular weight is 557 g/mol. The van der Waals surface area contributed by atoms with E-state index in [1.165, 1.54) is 12.2 Å². The van der Waals surface area contributed by atoms with Crippen molar-refractivity contribution in [2.75, 3.05) is 13.2 Å². The molecular weight excluding hydrogens is 504 g/mol. The van der Waals surface area contributed by atoms with Gasteiger partial charge in [0.05, 0.1) is 13.2 Å². The van der Waals surface area contributed by atoms with E-state index in [1.54, 1.807) is 38.2 Å². The van der Waals surface area contributed by atoms with Gasteiger partial charge in [-0.3, -0.25) is 9.59 Å². The second-order valence-electron chi connectivity index (χ2n) is 12.5. The van der Waals surface area contributed by atoms with Crippen LogP contribution in [0.25, 0.3) is 0 Å². The minimum atomic E-state index is -0.400. The van der Waals surface area contributed by atoms with E-state index in [9.17, 15) is 19.2 Å². The first-order valence-corrected chi connectivity index (χ1v) is 14.9. The molecular formula is C34H52O6. The highest BCUT2D eigenvalue weighted by atomic mass is 16.5. The van der Waals surface area contributed by atoms with Gasteiger partial charge in [0, 0.05) is 23.3 Å². The number of ether oxygens (including phenoxy) is 2. The molecule has 6 nitrogen and oxygen atoms in total. The zero-order valence-electron chi connectivity index (χ0n) is 26.1. The Bertz CT molecular complexity index is 912. The van der Waals surface area contributed by atoms with Gasteiger partial charge in [-0.15, -0.1) is 0 Å². The Labute approximate surface area is 242 Å². The zero-order valence-corrected chi connectivity index (χ0v) is 26.1. The maximum atomic E-state index is 13.2. The molecule has 0 saturated carbocycles. The highest BCUT2D eigenvalue weighted by Gasteiger charge is 2.36. The fourth-order valence-electron chi connectivity index (χ4n) is 5.05. The van der Waals surface area contributed by atoms with Crippen LogP contribution in [0, 0.1) is 22.7 Å². The standard InChI is InChI=1S/C34H52O6/c1-9-13-31(37)39-21-17-25(3)15-11-19-33(5,6)27-23-30(36)28(24-29(27)35)34(7,8)20-12-16-26(4)18-22-40-32(38)14-10-2/h9-10,13-14,23-26H,11-12,15-22H2,1-8H3/b13-9+,14-10+. The Balaban J connectivity index is 2.57. The van der Waals surface area contributed by atoms with Crippen LogP contribution in [-0.4, -0.2) is 36.7 Å². The molecule has 0 saturated heterocycles. The molecule has 1 aliphatic rings. The number of hydrogen-bond donors (Lipinski definition) is 0. The van der Waals surface area contributed by atoms with Crippen LogP contribution in [0.2, 0.25) is 0 Å².